The number of carbonyl (C=O) groups excluding carboxylic acids is 1. The van der Waals surface area contributed by atoms with Crippen LogP contribution in [0.3, 0.4) is 0 Å². The second-order valence-corrected chi connectivity index (χ2v) is 12.9. The third-order valence-electron chi connectivity index (χ3n) is 5.73. The van der Waals surface area contributed by atoms with Gasteiger partial charge in [-0.15, -0.1) is 0 Å². The van der Waals surface area contributed by atoms with Gasteiger partial charge >= 0.3 is 5.97 Å². The fourth-order valence-electron chi connectivity index (χ4n) is 4.25. The van der Waals surface area contributed by atoms with Crippen molar-refractivity contribution >= 4 is 24.7 Å². The lowest BCUT2D eigenvalue weighted by atomic mass is 9.94. The molecule has 29 heavy (non-hydrogen) atoms. The Labute approximate surface area is 174 Å². The Bertz CT molecular complexity index is 803. The van der Waals surface area contributed by atoms with E-state index in [1.807, 2.05) is 36.4 Å². The summed E-state index contributed by atoms with van der Waals surface area (Å²) in [5, 5.41) is 11.7. The van der Waals surface area contributed by atoms with Crippen LogP contribution in [0.5, 0.6) is 0 Å². The van der Waals surface area contributed by atoms with Gasteiger partial charge in [0.2, 0.25) is 0 Å². The zero-order valence-corrected chi connectivity index (χ0v) is 18.4. The molecule has 0 aliphatic carbocycles. The van der Waals surface area contributed by atoms with E-state index in [-0.39, 0.29) is 36.6 Å². The first-order chi connectivity index (χ1) is 13.8. The maximum absolute atomic E-state index is 12.0. The molecule has 0 aromatic heterocycles. The Hall–Kier alpha value is -2.21. The minimum atomic E-state index is -2.70. The van der Waals surface area contributed by atoms with Gasteiger partial charge in [0.25, 0.3) is 8.32 Å². The van der Waals surface area contributed by atoms with E-state index in [1.54, 1.807) is 0 Å². The van der Waals surface area contributed by atoms with Crippen molar-refractivity contribution < 1.29 is 19.1 Å². The minimum Gasteiger partial charge on any atom is -0.459 e. The highest BCUT2D eigenvalue weighted by atomic mass is 28.4. The van der Waals surface area contributed by atoms with Crippen LogP contribution in [0.1, 0.15) is 27.2 Å². The van der Waals surface area contributed by atoms with E-state index < -0.39 is 14.4 Å². The molecule has 4 nitrogen and oxygen atoms in total. The van der Waals surface area contributed by atoms with Crippen molar-refractivity contribution in [2.24, 2.45) is 5.92 Å². The number of ether oxygens (including phenoxy) is 1. The van der Waals surface area contributed by atoms with Gasteiger partial charge in [-0.05, 0) is 21.0 Å². The van der Waals surface area contributed by atoms with Crippen LogP contribution in [0.25, 0.3) is 0 Å². The van der Waals surface area contributed by atoms with Crippen molar-refractivity contribution in [3.05, 3.63) is 72.8 Å². The molecule has 0 bridgehead atoms. The van der Waals surface area contributed by atoms with Crippen molar-refractivity contribution in [3.8, 4) is 0 Å². The highest BCUT2D eigenvalue weighted by Gasteiger charge is 2.51. The summed E-state index contributed by atoms with van der Waals surface area (Å²) in [4.78, 5) is 12.0. The first-order valence-electron chi connectivity index (χ1n) is 10.0. The third kappa shape index (κ3) is 4.22. The Morgan fingerprint density at radius 1 is 1.10 bits per heavy atom. The van der Waals surface area contributed by atoms with Crippen molar-refractivity contribution in [2.75, 3.05) is 13.2 Å². The van der Waals surface area contributed by atoms with Crippen LogP contribution in [0.15, 0.2) is 72.8 Å². The number of hydrogen-bond acceptors (Lipinski definition) is 4. The Balaban J connectivity index is 2.02. The predicted octanol–water partition coefficient (Wildman–Crippen LogP) is 3.04. The summed E-state index contributed by atoms with van der Waals surface area (Å²) in [6.45, 7) is 10.7. The standard InChI is InChI=1S/C24H30O4Si/c1-18(16-25)21-15-23(26)28-22(21)17-27-29(24(2,3)4,19-11-7-5-8-12-19)20-13-9-6-10-14-20/h5-14,21-22,25H,1,15-17H2,2-4H3/t21-,22-/m1/s1. The van der Waals surface area contributed by atoms with Crippen LogP contribution in [0, 0.1) is 5.92 Å². The molecule has 0 radical (unpaired) electrons. The van der Waals surface area contributed by atoms with E-state index in [2.05, 4.69) is 51.6 Å². The molecule has 1 fully saturated rings. The molecular weight excluding hydrogens is 380 g/mol. The SMILES string of the molecule is C=C(CO)[C@H]1CC(=O)O[C@@H]1CO[Si](c1ccccc1)(c1ccccc1)C(C)(C)C. The maximum Gasteiger partial charge on any atom is 0.306 e. The van der Waals surface area contributed by atoms with Crippen LogP contribution in [0.4, 0.5) is 0 Å². The van der Waals surface area contributed by atoms with Gasteiger partial charge in [0, 0.05) is 5.92 Å². The topological polar surface area (TPSA) is 55.8 Å². The van der Waals surface area contributed by atoms with Gasteiger partial charge in [0.15, 0.2) is 0 Å². The Morgan fingerprint density at radius 3 is 2.07 bits per heavy atom. The Kier molecular flexibility index (Phi) is 6.41. The number of esters is 1. The number of hydrogen-bond donors (Lipinski definition) is 1. The molecule has 1 aliphatic rings. The predicted molar refractivity (Wildman–Crippen MR) is 118 cm³/mol. The van der Waals surface area contributed by atoms with Crippen molar-refractivity contribution in [2.45, 2.75) is 38.3 Å². The van der Waals surface area contributed by atoms with E-state index in [4.69, 9.17) is 9.16 Å². The van der Waals surface area contributed by atoms with Gasteiger partial charge in [-0.25, -0.2) is 0 Å². The highest BCUT2D eigenvalue weighted by molar-refractivity contribution is 6.99. The van der Waals surface area contributed by atoms with E-state index in [0.717, 1.165) is 0 Å². The molecule has 154 valence electrons. The maximum atomic E-state index is 12.0. The van der Waals surface area contributed by atoms with Crippen LogP contribution < -0.4 is 10.4 Å². The molecule has 3 rings (SSSR count). The second-order valence-electron chi connectivity index (χ2n) is 8.63. The van der Waals surface area contributed by atoms with Crippen molar-refractivity contribution in [3.63, 3.8) is 0 Å². The summed E-state index contributed by atoms with van der Waals surface area (Å²) in [6.07, 6.45) is -0.183. The van der Waals surface area contributed by atoms with Crippen LogP contribution in [0.2, 0.25) is 5.04 Å². The summed E-state index contributed by atoms with van der Waals surface area (Å²) in [5.74, 6) is -0.480. The number of aliphatic hydroxyl groups is 1. The molecule has 2 aromatic carbocycles. The molecule has 2 atom stereocenters. The van der Waals surface area contributed by atoms with Gasteiger partial charge in [-0.2, -0.15) is 0 Å². The zero-order chi connectivity index (χ0) is 21.1. The highest BCUT2D eigenvalue weighted by Crippen LogP contribution is 2.38. The lowest BCUT2D eigenvalue weighted by Crippen LogP contribution is -2.67. The summed E-state index contributed by atoms with van der Waals surface area (Å²) >= 11 is 0. The smallest absolute Gasteiger partial charge is 0.306 e. The molecule has 0 unspecified atom stereocenters. The summed E-state index contributed by atoms with van der Waals surface area (Å²) < 4.78 is 12.4. The molecule has 5 heteroatoms. The van der Waals surface area contributed by atoms with E-state index in [1.165, 1.54) is 10.4 Å². The number of benzene rings is 2. The van der Waals surface area contributed by atoms with E-state index in [9.17, 15) is 9.90 Å². The summed E-state index contributed by atoms with van der Waals surface area (Å²) in [6, 6.07) is 20.7. The molecule has 1 saturated heterocycles. The van der Waals surface area contributed by atoms with Gasteiger partial charge in [0.05, 0.1) is 19.6 Å². The molecule has 0 spiro atoms. The molecule has 1 N–H and O–H groups in total. The van der Waals surface area contributed by atoms with Gasteiger partial charge in [-0.3, -0.25) is 4.79 Å². The fourth-order valence-corrected chi connectivity index (χ4v) is 8.82. The van der Waals surface area contributed by atoms with Gasteiger partial charge in [0.1, 0.15) is 6.10 Å². The van der Waals surface area contributed by atoms with Gasteiger partial charge < -0.3 is 14.3 Å². The minimum absolute atomic E-state index is 0.151. The van der Waals surface area contributed by atoms with Crippen LogP contribution in [-0.2, 0) is 14.0 Å². The fraction of sp³-hybridized carbons (Fsp3) is 0.375. The first kappa shape index (κ1) is 21.5. The van der Waals surface area contributed by atoms with Crippen molar-refractivity contribution in [1.29, 1.82) is 0 Å². The molecule has 0 saturated carbocycles. The number of cyclic esters (lactones) is 1. The number of carbonyl (C=O) groups is 1. The monoisotopic (exact) mass is 410 g/mol. The summed E-state index contributed by atoms with van der Waals surface area (Å²) in [7, 11) is -2.70. The van der Waals surface area contributed by atoms with Crippen LogP contribution in [-0.4, -0.2) is 38.7 Å². The van der Waals surface area contributed by atoms with E-state index in [0.29, 0.717) is 5.57 Å². The summed E-state index contributed by atoms with van der Waals surface area (Å²) in [5.41, 5.74) is 0.617. The third-order valence-corrected chi connectivity index (χ3v) is 10.7. The van der Waals surface area contributed by atoms with Crippen LogP contribution >= 0.6 is 0 Å². The lowest BCUT2D eigenvalue weighted by Gasteiger charge is -2.43. The normalized spacial score (nSPS) is 19.8. The first-order valence-corrected chi connectivity index (χ1v) is 11.9. The van der Waals surface area contributed by atoms with Gasteiger partial charge in [-0.1, -0.05) is 88.0 Å². The molecule has 0 amide bonds. The molecule has 1 aliphatic heterocycles. The quantitative estimate of drug-likeness (QED) is 0.433. The second kappa shape index (κ2) is 8.65. The lowest BCUT2D eigenvalue weighted by molar-refractivity contribution is -0.142. The molecule has 2 aromatic rings. The molecule has 1 heterocycles. The Morgan fingerprint density at radius 2 is 1.62 bits per heavy atom. The number of aliphatic hydroxyl groups excluding tert-OH is 1. The molecular formula is C24H30O4Si. The van der Waals surface area contributed by atoms with E-state index >= 15 is 0 Å². The largest absolute Gasteiger partial charge is 0.459 e. The van der Waals surface area contributed by atoms with Crippen molar-refractivity contribution in [1.82, 2.24) is 0 Å². The number of rotatable bonds is 7. The average Bonchev–Trinajstić information content (AvgIpc) is 3.09. The zero-order valence-electron chi connectivity index (χ0n) is 17.4. The average molecular weight is 411 g/mol.